The van der Waals surface area contributed by atoms with E-state index in [1.54, 1.807) is 7.05 Å². The maximum absolute atomic E-state index is 9.49. The van der Waals surface area contributed by atoms with Crippen LogP contribution in [-0.4, -0.2) is 45.9 Å². The van der Waals surface area contributed by atoms with Crippen molar-refractivity contribution in [1.29, 1.82) is 0 Å². The molecule has 0 radical (unpaired) electrons. The van der Waals surface area contributed by atoms with E-state index in [4.69, 9.17) is 4.74 Å². The van der Waals surface area contributed by atoms with E-state index in [0.717, 1.165) is 25.7 Å². The van der Waals surface area contributed by atoms with Gasteiger partial charge in [0.1, 0.15) is 0 Å². The topological polar surface area (TPSA) is 92.2 Å². The third-order valence-electron chi connectivity index (χ3n) is 3.14. The largest absolute Gasteiger partial charge is 0.464 e. The van der Waals surface area contributed by atoms with Gasteiger partial charge in [-0.05, 0) is 32.6 Å². The molecule has 106 valence electrons. The van der Waals surface area contributed by atoms with E-state index in [2.05, 4.69) is 25.6 Å². The molecule has 19 heavy (non-hydrogen) atoms. The minimum Gasteiger partial charge on any atom is -0.464 e. The molecule has 7 nitrogen and oxygen atoms in total. The minimum atomic E-state index is -0.164. The SMILES string of the molecule is CCOc1nc(NC)nc(NC2CCC(O)CC2)n1. The number of ether oxygens (including phenoxy) is 1. The number of nitrogens with one attached hydrogen (secondary N) is 2. The van der Waals surface area contributed by atoms with Gasteiger partial charge in [0.05, 0.1) is 12.7 Å². The number of rotatable bonds is 5. The average molecular weight is 267 g/mol. The van der Waals surface area contributed by atoms with Gasteiger partial charge in [0, 0.05) is 13.1 Å². The monoisotopic (exact) mass is 267 g/mol. The van der Waals surface area contributed by atoms with Gasteiger partial charge in [-0.15, -0.1) is 0 Å². The summed E-state index contributed by atoms with van der Waals surface area (Å²) in [5.74, 6) is 1.00. The number of hydrogen-bond donors (Lipinski definition) is 3. The Kier molecular flexibility index (Phi) is 4.73. The molecule has 1 heterocycles. The van der Waals surface area contributed by atoms with Gasteiger partial charge in [-0.1, -0.05) is 0 Å². The molecule has 0 amide bonds. The summed E-state index contributed by atoms with van der Waals surface area (Å²) in [5, 5.41) is 15.7. The van der Waals surface area contributed by atoms with Crippen LogP contribution in [0.15, 0.2) is 0 Å². The number of hydrogen-bond acceptors (Lipinski definition) is 7. The molecule has 2 rings (SSSR count). The van der Waals surface area contributed by atoms with Crippen molar-refractivity contribution in [2.45, 2.75) is 44.8 Å². The van der Waals surface area contributed by atoms with Crippen LogP contribution in [0.1, 0.15) is 32.6 Å². The summed E-state index contributed by atoms with van der Waals surface area (Å²) in [6.07, 6.45) is 3.32. The van der Waals surface area contributed by atoms with Crippen molar-refractivity contribution in [2.24, 2.45) is 0 Å². The van der Waals surface area contributed by atoms with Crippen LogP contribution in [-0.2, 0) is 0 Å². The summed E-state index contributed by atoms with van der Waals surface area (Å²) in [5.41, 5.74) is 0. The molecule has 0 aromatic carbocycles. The van der Waals surface area contributed by atoms with Crippen LogP contribution in [0.2, 0.25) is 0 Å². The second kappa shape index (κ2) is 6.51. The minimum absolute atomic E-state index is 0.164. The zero-order chi connectivity index (χ0) is 13.7. The van der Waals surface area contributed by atoms with E-state index in [1.807, 2.05) is 6.92 Å². The molecular formula is C12H21N5O2. The summed E-state index contributed by atoms with van der Waals surface area (Å²) in [6, 6.07) is 0.616. The Morgan fingerprint density at radius 2 is 1.84 bits per heavy atom. The highest BCUT2D eigenvalue weighted by molar-refractivity contribution is 5.36. The second-order valence-electron chi connectivity index (χ2n) is 4.60. The first-order valence-corrected chi connectivity index (χ1v) is 6.72. The third-order valence-corrected chi connectivity index (χ3v) is 3.14. The molecular weight excluding hydrogens is 246 g/mol. The third kappa shape index (κ3) is 3.92. The lowest BCUT2D eigenvalue weighted by atomic mass is 9.93. The summed E-state index contributed by atoms with van der Waals surface area (Å²) in [6.45, 7) is 2.40. The van der Waals surface area contributed by atoms with Crippen LogP contribution in [0, 0.1) is 0 Å². The maximum atomic E-state index is 9.49. The first kappa shape index (κ1) is 13.8. The number of nitrogens with zero attached hydrogens (tertiary/aromatic N) is 3. The lowest BCUT2D eigenvalue weighted by Gasteiger charge is -2.26. The molecule has 7 heteroatoms. The Hall–Kier alpha value is -1.63. The molecule has 1 aromatic rings. The normalized spacial score (nSPS) is 22.9. The standard InChI is InChI=1S/C12H21N5O2/c1-3-19-12-16-10(13-2)15-11(17-12)14-8-4-6-9(18)7-5-8/h8-9,18H,3-7H2,1-2H3,(H2,13,14,15,16,17). The molecule has 0 spiro atoms. The smallest absolute Gasteiger partial charge is 0.323 e. The van der Waals surface area contributed by atoms with E-state index in [-0.39, 0.29) is 6.10 Å². The number of aliphatic hydroxyl groups is 1. The van der Waals surface area contributed by atoms with Crippen LogP contribution < -0.4 is 15.4 Å². The molecule has 0 atom stereocenters. The highest BCUT2D eigenvalue weighted by atomic mass is 16.5. The Balaban J connectivity index is 2.04. The molecule has 0 bridgehead atoms. The fourth-order valence-corrected chi connectivity index (χ4v) is 2.13. The summed E-state index contributed by atoms with van der Waals surface area (Å²) >= 11 is 0. The lowest BCUT2D eigenvalue weighted by molar-refractivity contribution is 0.126. The summed E-state index contributed by atoms with van der Waals surface area (Å²) in [7, 11) is 1.76. The van der Waals surface area contributed by atoms with Crippen molar-refractivity contribution in [3.63, 3.8) is 0 Å². The van der Waals surface area contributed by atoms with E-state index in [0.29, 0.717) is 30.6 Å². The molecule has 0 aliphatic heterocycles. The molecule has 1 aliphatic carbocycles. The lowest BCUT2D eigenvalue weighted by Crippen LogP contribution is -2.29. The van der Waals surface area contributed by atoms with Crippen molar-refractivity contribution in [1.82, 2.24) is 15.0 Å². The van der Waals surface area contributed by atoms with Crippen LogP contribution in [0.5, 0.6) is 6.01 Å². The predicted molar refractivity (Wildman–Crippen MR) is 72.4 cm³/mol. The van der Waals surface area contributed by atoms with Crippen molar-refractivity contribution >= 4 is 11.9 Å². The maximum Gasteiger partial charge on any atom is 0.323 e. The van der Waals surface area contributed by atoms with E-state index in [9.17, 15) is 5.11 Å². The van der Waals surface area contributed by atoms with Gasteiger partial charge in [-0.25, -0.2) is 0 Å². The molecule has 0 unspecified atom stereocenters. The van der Waals surface area contributed by atoms with Crippen LogP contribution >= 0.6 is 0 Å². The van der Waals surface area contributed by atoms with Gasteiger partial charge in [-0.2, -0.15) is 15.0 Å². The van der Waals surface area contributed by atoms with E-state index >= 15 is 0 Å². The summed E-state index contributed by atoms with van der Waals surface area (Å²) in [4.78, 5) is 12.6. The van der Waals surface area contributed by atoms with Gasteiger partial charge in [-0.3, -0.25) is 0 Å². The average Bonchev–Trinajstić information content (AvgIpc) is 2.41. The molecule has 1 aliphatic rings. The fraction of sp³-hybridized carbons (Fsp3) is 0.750. The van der Waals surface area contributed by atoms with E-state index < -0.39 is 0 Å². The van der Waals surface area contributed by atoms with Crippen molar-refractivity contribution in [2.75, 3.05) is 24.3 Å². The fourth-order valence-electron chi connectivity index (χ4n) is 2.13. The zero-order valence-corrected chi connectivity index (χ0v) is 11.4. The first-order chi connectivity index (χ1) is 9.21. The number of aliphatic hydroxyl groups excluding tert-OH is 1. The molecule has 3 N–H and O–H groups in total. The highest BCUT2D eigenvalue weighted by Crippen LogP contribution is 2.21. The van der Waals surface area contributed by atoms with Gasteiger partial charge in [0.2, 0.25) is 11.9 Å². The number of anilines is 2. The summed E-state index contributed by atoms with van der Waals surface area (Å²) < 4.78 is 5.31. The van der Waals surface area contributed by atoms with Crippen molar-refractivity contribution in [3.8, 4) is 6.01 Å². The van der Waals surface area contributed by atoms with Crippen molar-refractivity contribution in [3.05, 3.63) is 0 Å². The Bertz CT molecular complexity index is 407. The Morgan fingerprint density at radius 3 is 2.47 bits per heavy atom. The molecule has 1 saturated carbocycles. The molecule has 1 fully saturated rings. The predicted octanol–water partition coefficient (Wildman–Crippen LogP) is 1.03. The zero-order valence-electron chi connectivity index (χ0n) is 11.4. The van der Waals surface area contributed by atoms with Crippen LogP contribution in [0.4, 0.5) is 11.9 Å². The quantitative estimate of drug-likeness (QED) is 0.733. The van der Waals surface area contributed by atoms with E-state index in [1.165, 1.54) is 0 Å². The van der Waals surface area contributed by atoms with Crippen molar-refractivity contribution < 1.29 is 9.84 Å². The second-order valence-corrected chi connectivity index (χ2v) is 4.60. The molecule has 1 aromatic heterocycles. The Morgan fingerprint density at radius 1 is 1.16 bits per heavy atom. The van der Waals surface area contributed by atoms with Crippen LogP contribution in [0.25, 0.3) is 0 Å². The van der Waals surface area contributed by atoms with Gasteiger partial charge in [0.15, 0.2) is 0 Å². The highest BCUT2D eigenvalue weighted by Gasteiger charge is 2.20. The Labute approximate surface area is 112 Å². The first-order valence-electron chi connectivity index (χ1n) is 6.72. The van der Waals surface area contributed by atoms with Gasteiger partial charge >= 0.3 is 6.01 Å². The van der Waals surface area contributed by atoms with Gasteiger partial charge < -0.3 is 20.5 Å². The van der Waals surface area contributed by atoms with Crippen LogP contribution in [0.3, 0.4) is 0 Å². The van der Waals surface area contributed by atoms with Gasteiger partial charge in [0.25, 0.3) is 0 Å². The molecule has 0 saturated heterocycles. The number of aromatic nitrogens is 3.